The van der Waals surface area contributed by atoms with Gasteiger partial charge in [-0.2, -0.15) is 0 Å². The summed E-state index contributed by atoms with van der Waals surface area (Å²) in [5.41, 5.74) is 5.45. The second-order valence-electron chi connectivity index (χ2n) is 5.02. The number of hydrogen-bond donors (Lipinski definition) is 2. The highest BCUT2D eigenvalue weighted by molar-refractivity contribution is 5.77. The van der Waals surface area contributed by atoms with Gasteiger partial charge >= 0.3 is 0 Å². The van der Waals surface area contributed by atoms with Crippen molar-refractivity contribution >= 4 is 5.91 Å². The molecule has 1 fully saturated rings. The smallest absolute Gasteiger partial charge is 0.220 e. The van der Waals surface area contributed by atoms with Crippen LogP contribution in [0.5, 0.6) is 0 Å². The first kappa shape index (κ1) is 12.5. The van der Waals surface area contributed by atoms with Crippen molar-refractivity contribution in [3.8, 4) is 0 Å². The van der Waals surface area contributed by atoms with Crippen LogP contribution in [0, 0.1) is 5.92 Å². The zero-order chi connectivity index (χ0) is 11.3. The SMILES string of the molecule is CCC(C)(CN)NC(=O)CC1CCCC1. The van der Waals surface area contributed by atoms with E-state index in [4.69, 9.17) is 5.73 Å². The Morgan fingerprint density at radius 2 is 2.07 bits per heavy atom. The van der Waals surface area contributed by atoms with Crippen LogP contribution in [0.1, 0.15) is 52.4 Å². The molecule has 1 aliphatic carbocycles. The third-order valence-corrected chi connectivity index (χ3v) is 3.62. The molecule has 1 aliphatic rings. The van der Waals surface area contributed by atoms with Gasteiger partial charge in [-0.05, 0) is 32.1 Å². The minimum atomic E-state index is -0.213. The Morgan fingerprint density at radius 1 is 1.47 bits per heavy atom. The van der Waals surface area contributed by atoms with E-state index in [9.17, 15) is 4.79 Å². The van der Waals surface area contributed by atoms with E-state index in [1.807, 2.05) is 6.92 Å². The minimum Gasteiger partial charge on any atom is -0.350 e. The largest absolute Gasteiger partial charge is 0.350 e. The van der Waals surface area contributed by atoms with Gasteiger partial charge < -0.3 is 11.1 Å². The number of nitrogens with two attached hydrogens (primary N) is 1. The number of carbonyl (C=O) groups is 1. The molecule has 3 N–H and O–H groups in total. The Bertz CT molecular complexity index is 206. The van der Waals surface area contributed by atoms with Crippen molar-refractivity contribution in [3.05, 3.63) is 0 Å². The molecule has 0 heterocycles. The van der Waals surface area contributed by atoms with Crippen molar-refractivity contribution < 1.29 is 4.79 Å². The molecule has 0 radical (unpaired) electrons. The van der Waals surface area contributed by atoms with E-state index in [0.29, 0.717) is 18.9 Å². The van der Waals surface area contributed by atoms with Crippen LogP contribution in [-0.2, 0) is 4.79 Å². The summed E-state index contributed by atoms with van der Waals surface area (Å²) in [5, 5.41) is 3.06. The van der Waals surface area contributed by atoms with Crippen molar-refractivity contribution in [1.82, 2.24) is 5.32 Å². The fourth-order valence-electron chi connectivity index (χ4n) is 2.15. The van der Waals surface area contributed by atoms with E-state index in [1.165, 1.54) is 25.7 Å². The maximum atomic E-state index is 11.8. The molecule has 1 rings (SSSR count). The van der Waals surface area contributed by atoms with Gasteiger partial charge in [-0.1, -0.05) is 19.8 Å². The van der Waals surface area contributed by atoms with Gasteiger partial charge in [-0.3, -0.25) is 4.79 Å². The quantitative estimate of drug-likeness (QED) is 0.730. The summed E-state index contributed by atoms with van der Waals surface area (Å²) in [7, 11) is 0. The summed E-state index contributed by atoms with van der Waals surface area (Å²) in [6.45, 7) is 4.59. The molecule has 0 aromatic rings. The average molecular weight is 212 g/mol. The molecular formula is C12H24N2O. The monoisotopic (exact) mass is 212 g/mol. The Kier molecular flexibility index (Phi) is 4.58. The van der Waals surface area contributed by atoms with Crippen LogP contribution in [0.15, 0.2) is 0 Å². The molecule has 1 unspecified atom stereocenters. The van der Waals surface area contributed by atoms with Crippen molar-refractivity contribution in [2.75, 3.05) is 6.54 Å². The van der Waals surface area contributed by atoms with E-state index in [1.54, 1.807) is 0 Å². The summed E-state index contributed by atoms with van der Waals surface area (Å²) in [4.78, 5) is 11.8. The molecule has 0 aromatic heterocycles. The molecule has 15 heavy (non-hydrogen) atoms. The topological polar surface area (TPSA) is 55.1 Å². The van der Waals surface area contributed by atoms with Gasteiger partial charge in [0.2, 0.25) is 5.91 Å². The molecule has 0 aromatic carbocycles. The molecule has 1 amide bonds. The first-order valence-electron chi connectivity index (χ1n) is 6.10. The van der Waals surface area contributed by atoms with Gasteiger partial charge in [0.15, 0.2) is 0 Å². The molecule has 0 aliphatic heterocycles. The van der Waals surface area contributed by atoms with Crippen molar-refractivity contribution in [2.45, 2.75) is 57.9 Å². The zero-order valence-electron chi connectivity index (χ0n) is 10.0. The Morgan fingerprint density at radius 3 is 2.53 bits per heavy atom. The standard InChI is InChI=1S/C12H24N2O/c1-3-12(2,9-13)14-11(15)8-10-6-4-5-7-10/h10H,3-9,13H2,1-2H3,(H,14,15). The highest BCUT2D eigenvalue weighted by Crippen LogP contribution is 2.27. The Hall–Kier alpha value is -0.570. The van der Waals surface area contributed by atoms with E-state index < -0.39 is 0 Å². The van der Waals surface area contributed by atoms with Gasteiger partial charge in [-0.25, -0.2) is 0 Å². The maximum absolute atomic E-state index is 11.8. The van der Waals surface area contributed by atoms with E-state index in [2.05, 4.69) is 12.2 Å². The normalized spacial score (nSPS) is 21.3. The molecule has 1 saturated carbocycles. The molecule has 0 spiro atoms. The number of carbonyl (C=O) groups excluding carboxylic acids is 1. The highest BCUT2D eigenvalue weighted by Gasteiger charge is 2.25. The van der Waals surface area contributed by atoms with Crippen molar-refractivity contribution in [1.29, 1.82) is 0 Å². The second-order valence-corrected chi connectivity index (χ2v) is 5.02. The lowest BCUT2D eigenvalue weighted by molar-refractivity contribution is -0.123. The average Bonchev–Trinajstić information content (AvgIpc) is 2.70. The van der Waals surface area contributed by atoms with Crippen LogP contribution >= 0.6 is 0 Å². The fraction of sp³-hybridized carbons (Fsp3) is 0.917. The van der Waals surface area contributed by atoms with E-state index in [0.717, 1.165) is 6.42 Å². The lowest BCUT2D eigenvalue weighted by Crippen LogP contribution is -2.51. The molecule has 88 valence electrons. The first-order valence-corrected chi connectivity index (χ1v) is 6.10. The van der Waals surface area contributed by atoms with Crippen LogP contribution < -0.4 is 11.1 Å². The molecule has 0 saturated heterocycles. The summed E-state index contributed by atoms with van der Waals surface area (Å²) in [6.07, 6.45) is 6.60. The predicted molar refractivity (Wildman–Crippen MR) is 62.5 cm³/mol. The fourth-order valence-corrected chi connectivity index (χ4v) is 2.15. The van der Waals surface area contributed by atoms with Crippen LogP contribution in [-0.4, -0.2) is 18.0 Å². The van der Waals surface area contributed by atoms with Crippen LogP contribution in [0.3, 0.4) is 0 Å². The van der Waals surface area contributed by atoms with Gasteiger partial charge in [0, 0.05) is 18.5 Å². The summed E-state index contributed by atoms with van der Waals surface area (Å²) >= 11 is 0. The van der Waals surface area contributed by atoms with Crippen LogP contribution in [0.4, 0.5) is 0 Å². The first-order chi connectivity index (χ1) is 7.09. The Balaban J connectivity index is 2.33. The summed E-state index contributed by atoms with van der Waals surface area (Å²) in [5.74, 6) is 0.792. The maximum Gasteiger partial charge on any atom is 0.220 e. The van der Waals surface area contributed by atoms with Gasteiger partial charge in [0.25, 0.3) is 0 Å². The van der Waals surface area contributed by atoms with Gasteiger partial charge in [0.1, 0.15) is 0 Å². The zero-order valence-corrected chi connectivity index (χ0v) is 10.0. The number of amides is 1. The van der Waals surface area contributed by atoms with Gasteiger partial charge in [-0.15, -0.1) is 0 Å². The molecule has 3 nitrogen and oxygen atoms in total. The molecule has 3 heteroatoms. The van der Waals surface area contributed by atoms with Gasteiger partial charge in [0.05, 0.1) is 0 Å². The lowest BCUT2D eigenvalue weighted by Gasteiger charge is -2.28. The third kappa shape index (κ3) is 3.82. The van der Waals surface area contributed by atoms with Crippen LogP contribution in [0.2, 0.25) is 0 Å². The number of hydrogen-bond acceptors (Lipinski definition) is 2. The minimum absolute atomic E-state index is 0.178. The number of nitrogens with one attached hydrogen (secondary N) is 1. The number of rotatable bonds is 5. The van der Waals surface area contributed by atoms with Crippen molar-refractivity contribution in [2.24, 2.45) is 11.7 Å². The van der Waals surface area contributed by atoms with Crippen LogP contribution in [0.25, 0.3) is 0 Å². The third-order valence-electron chi connectivity index (χ3n) is 3.62. The van der Waals surface area contributed by atoms with E-state index in [-0.39, 0.29) is 11.4 Å². The lowest BCUT2D eigenvalue weighted by atomic mass is 9.97. The molecule has 1 atom stereocenters. The predicted octanol–water partition coefficient (Wildman–Crippen LogP) is 1.81. The Labute approximate surface area is 92.8 Å². The van der Waals surface area contributed by atoms with Crippen molar-refractivity contribution in [3.63, 3.8) is 0 Å². The highest BCUT2D eigenvalue weighted by atomic mass is 16.1. The summed E-state index contributed by atoms with van der Waals surface area (Å²) < 4.78 is 0. The summed E-state index contributed by atoms with van der Waals surface area (Å²) in [6, 6.07) is 0. The second kappa shape index (κ2) is 5.50. The molecular weight excluding hydrogens is 188 g/mol. The van der Waals surface area contributed by atoms with E-state index >= 15 is 0 Å². The molecule has 0 bridgehead atoms.